The fourth-order valence-corrected chi connectivity index (χ4v) is 6.05. The van der Waals surface area contributed by atoms with E-state index in [0.717, 1.165) is 41.8 Å². The minimum atomic E-state index is -0.0319. The first kappa shape index (κ1) is 23.0. The van der Waals surface area contributed by atoms with Crippen molar-refractivity contribution in [1.29, 1.82) is 0 Å². The Balaban J connectivity index is 1.28. The Morgan fingerprint density at radius 1 is 0.853 bits per heavy atom. The summed E-state index contributed by atoms with van der Waals surface area (Å²) in [4.78, 5) is 26.0. The molecular formula is C25H32N6O2S. The number of carbonyl (C=O) groups excluding carboxylic acids is 2. The summed E-state index contributed by atoms with van der Waals surface area (Å²) in [5.41, 5.74) is 1.87. The number of carbonyl (C=O) groups is 2. The Labute approximate surface area is 203 Å². The van der Waals surface area contributed by atoms with Crippen molar-refractivity contribution in [3.8, 4) is 10.6 Å². The van der Waals surface area contributed by atoms with E-state index in [2.05, 4.69) is 20.8 Å². The van der Waals surface area contributed by atoms with Crippen LogP contribution in [0.4, 0.5) is 0 Å². The molecule has 0 spiro atoms. The summed E-state index contributed by atoms with van der Waals surface area (Å²) in [5.74, 6) is 0.566. The average molecular weight is 481 g/mol. The van der Waals surface area contributed by atoms with E-state index in [9.17, 15) is 9.59 Å². The van der Waals surface area contributed by atoms with Gasteiger partial charge in [0.1, 0.15) is 5.01 Å². The third-order valence-electron chi connectivity index (χ3n) is 6.91. The summed E-state index contributed by atoms with van der Waals surface area (Å²) < 4.78 is 1.67. The van der Waals surface area contributed by atoms with Crippen LogP contribution in [0.2, 0.25) is 0 Å². The van der Waals surface area contributed by atoms with Crippen molar-refractivity contribution in [1.82, 2.24) is 30.4 Å². The van der Waals surface area contributed by atoms with Crippen LogP contribution >= 0.6 is 11.3 Å². The Morgan fingerprint density at radius 2 is 1.47 bits per heavy atom. The molecule has 2 heterocycles. The molecule has 0 saturated heterocycles. The smallest absolute Gasteiger partial charge is 0.234 e. The lowest BCUT2D eigenvalue weighted by molar-refractivity contribution is -0.122. The van der Waals surface area contributed by atoms with Crippen molar-refractivity contribution < 1.29 is 9.59 Å². The zero-order chi connectivity index (χ0) is 23.3. The van der Waals surface area contributed by atoms with Crippen molar-refractivity contribution in [3.63, 3.8) is 0 Å². The van der Waals surface area contributed by atoms with Crippen LogP contribution in [0.5, 0.6) is 0 Å². The Morgan fingerprint density at radius 3 is 2.15 bits per heavy atom. The minimum Gasteiger partial charge on any atom is -0.353 e. The van der Waals surface area contributed by atoms with Crippen LogP contribution in [0, 0.1) is 0 Å². The molecule has 3 aromatic rings. The van der Waals surface area contributed by atoms with Crippen LogP contribution in [0.1, 0.15) is 75.6 Å². The molecule has 2 amide bonds. The van der Waals surface area contributed by atoms with E-state index in [0.29, 0.717) is 23.2 Å². The first-order valence-electron chi connectivity index (χ1n) is 12.5. The second-order valence-electron chi connectivity index (χ2n) is 9.53. The third-order valence-corrected chi connectivity index (χ3v) is 7.85. The van der Waals surface area contributed by atoms with Gasteiger partial charge in [0.15, 0.2) is 5.82 Å². The Kier molecular flexibility index (Phi) is 7.18. The van der Waals surface area contributed by atoms with Gasteiger partial charge in [0, 0.05) is 17.6 Å². The molecule has 8 nitrogen and oxygen atoms in total. The highest BCUT2D eigenvalue weighted by Gasteiger charge is 2.21. The van der Waals surface area contributed by atoms with Gasteiger partial charge in [-0.05, 0) is 31.2 Å². The molecule has 34 heavy (non-hydrogen) atoms. The Bertz CT molecular complexity index is 1140. The summed E-state index contributed by atoms with van der Waals surface area (Å²) >= 11 is 1.43. The summed E-state index contributed by atoms with van der Waals surface area (Å²) in [6.45, 7) is 0. The van der Waals surface area contributed by atoms with E-state index >= 15 is 0 Å². The summed E-state index contributed by atoms with van der Waals surface area (Å²) in [6, 6.07) is 8.45. The first-order valence-corrected chi connectivity index (χ1v) is 13.4. The number of hydrogen-bond acceptors (Lipinski definition) is 6. The minimum absolute atomic E-state index is 0.0319. The van der Waals surface area contributed by atoms with Gasteiger partial charge in [0.2, 0.25) is 16.8 Å². The number of hydrogen-bond donors (Lipinski definition) is 2. The zero-order valence-corrected chi connectivity index (χ0v) is 20.3. The highest BCUT2D eigenvalue weighted by molar-refractivity contribution is 7.19. The molecule has 180 valence electrons. The van der Waals surface area contributed by atoms with Gasteiger partial charge in [-0.1, -0.05) is 74.1 Å². The number of nitrogens with one attached hydrogen (secondary N) is 2. The molecule has 9 heteroatoms. The maximum absolute atomic E-state index is 12.7. The van der Waals surface area contributed by atoms with Crippen molar-refractivity contribution in [2.75, 3.05) is 0 Å². The van der Waals surface area contributed by atoms with Gasteiger partial charge in [-0.3, -0.25) is 9.59 Å². The largest absolute Gasteiger partial charge is 0.353 e. The fourth-order valence-electron chi connectivity index (χ4n) is 5.13. The van der Waals surface area contributed by atoms with Crippen LogP contribution in [-0.4, -0.2) is 43.7 Å². The van der Waals surface area contributed by atoms with Gasteiger partial charge < -0.3 is 10.6 Å². The van der Waals surface area contributed by atoms with E-state index in [1.807, 2.05) is 24.3 Å². The van der Waals surface area contributed by atoms with E-state index in [-0.39, 0.29) is 24.3 Å². The number of fused-ring (bicyclic) bond motifs is 1. The predicted octanol–water partition coefficient (Wildman–Crippen LogP) is 3.84. The number of benzene rings is 1. The summed E-state index contributed by atoms with van der Waals surface area (Å²) in [5, 5.41) is 20.3. The van der Waals surface area contributed by atoms with Crippen molar-refractivity contribution in [2.24, 2.45) is 0 Å². The highest BCUT2D eigenvalue weighted by Crippen LogP contribution is 2.29. The number of nitrogens with zero attached hydrogens (tertiary/aromatic N) is 4. The molecule has 5 rings (SSSR count). The van der Waals surface area contributed by atoms with E-state index in [1.54, 1.807) is 4.52 Å². The lowest BCUT2D eigenvalue weighted by Crippen LogP contribution is -2.37. The predicted molar refractivity (Wildman–Crippen MR) is 132 cm³/mol. The van der Waals surface area contributed by atoms with Crippen LogP contribution in [-0.2, 0) is 22.4 Å². The Hall–Kier alpha value is -2.81. The molecule has 1 aromatic carbocycles. The molecule has 2 fully saturated rings. The molecule has 2 saturated carbocycles. The van der Waals surface area contributed by atoms with E-state index in [1.165, 1.54) is 49.9 Å². The maximum Gasteiger partial charge on any atom is 0.234 e. The molecule has 2 aromatic heterocycles. The van der Waals surface area contributed by atoms with Crippen molar-refractivity contribution in [2.45, 2.75) is 89.1 Å². The molecule has 0 unspecified atom stereocenters. The van der Waals surface area contributed by atoms with Crippen molar-refractivity contribution in [3.05, 3.63) is 35.7 Å². The van der Waals surface area contributed by atoms with Gasteiger partial charge in [-0.25, -0.2) is 0 Å². The average Bonchev–Trinajstić information content (AvgIpc) is 3.42. The molecule has 2 N–H and O–H groups in total. The topological polar surface area (TPSA) is 101 Å². The molecule has 2 aliphatic rings. The van der Waals surface area contributed by atoms with Crippen LogP contribution in [0.15, 0.2) is 24.3 Å². The van der Waals surface area contributed by atoms with Crippen LogP contribution in [0.25, 0.3) is 15.5 Å². The second kappa shape index (κ2) is 10.6. The third kappa shape index (κ3) is 5.46. The highest BCUT2D eigenvalue weighted by atomic mass is 32.1. The number of aromatic nitrogens is 4. The molecule has 0 atom stereocenters. The molecular weight excluding hydrogens is 448 g/mol. The van der Waals surface area contributed by atoms with Gasteiger partial charge in [0.25, 0.3) is 0 Å². The SMILES string of the molecule is O=C(Cc1ccccc1-c1nn2c(CC(=O)NC3CCCCC3)nnc2s1)NC1CCCCC1. The monoisotopic (exact) mass is 480 g/mol. The van der Waals surface area contributed by atoms with E-state index < -0.39 is 0 Å². The summed E-state index contributed by atoms with van der Waals surface area (Å²) in [6.07, 6.45) is 12.0. The van der Waals surface area contributed by atoms with Crippen molar-refractivity contribution >= 4 is 28.1 Å². The lowest BCUT2D eigenvalue weighted by Gasteiger charge is -2.22. The number of rotatable bonds is 7. The lowest BCUT2D eigenvalue weighted by atomic mass is 9.95. The molecule has 0 bridgehead atoms. The van der Waals surface area contributed by atoms with Gasteiger partial charge in [-0.15, -0.1) is 10.2 Å². The van der Waals surface area contributed by atoms with Gasteiger partial charge in [-0.2, -0.15) is 9.61 Å². The first-order chi connectivity index (χ1) is 16.7. The molecule has 0 aliphatic heterocycles. The zero-order valence-electron chi connectivity index (χ0n) is 19.5. The normalized spacial score (nSPS) is 17.6. The van der Waals surface area contributed by atoms with Crippen LogP contribution < -0.4 is 10.6 Å². The van der Waals surface area contributed by atoms with Crippen LogP contribution in [0.3, 0.4) is 0 Å². The van der Waals surface area contributed by atoms with Gasteiger partial charge >= 0.3 is 0 Å². The quantitative estimate of drug-likeness (QED) is 0.535. The number of amides is 2. The standard InChI is InChI=1S/C25H32N6O2S/c32-22(26-18-10-3-1-4-11-18)15-17-9-7-8-14-20(17)24-30-31-21(28-29-25(31)34-24)16-23(33)27-19-12-5-2-6-13-19/h7-9,14,18-19H,1-6,10-13,15-16H2,(H,26,32)(H,27,33). The second-order valence-corrected chi connectivity index (χ2v) is 10.5. The fraction of sp³-hybridized carbons (Fsp3) is 0.560. The maximum atomic E-state index is 12.7. The van der Waals surface area contributed by atoms with Gasteiger partial charge in [0.05, 0.1) is 12.8 Å². The molecule has 2 aliphatic carbocycles. The molecule has 0 radical (unpaired) electrons. The van der Waals surface area contributed by atoms with E-state index in [4.69, 9.17) is 5.10 Å². The summed E-state index contributed by atoms with van der Waals surface area (Å²) in [7, 11) is 0.